The van der Waals surface area contributed by atoms with Gasteiger partial charge in [0.2, 0.25) is 0 Å². The van der Waals surface area contributed by atoms with E-state index >= 15 is 0 Å². The van der Waals surface area contributed by atoms with E-state index in [1.165, 1.54) is 28.9 Å². The van der Waals surface area contributed by atoms with Crippen molar-refractivity contribution in [1.29, 1.82) is 0 Å². The second-order valence-corrected chi connectivity index (χ2v) is 10.1. The van der Waals surface area contributed by atoms with Crippen LogP contribution in [-0.4, -0.2) is 51.2 Å². The number of oxime groups is 1. The molecule has 0 bridgehead atoms. The van der Waals surface area contributed by atoms with E-state index in [2.05, 4.69) is 109 Å². The van der Waals surface area contributed by atoms with E-state index in [0.29, 0.717) is 5.92 Å². The van der Waals surface area contributed by atoms with Gasteiger partial charge in [0.15, 0.2) is 0 Å². The van der Waals surface area contributed by atoms with Crippen LogP contribution in [0.25, 0.3) is 6.08 Å². The molecule has 182 valence electrons. The molecule has 5 rings (SSSR count). The molecular weight excluding hydrogens is 434 g/mol. The van der Waals surface area contributed by atoms with E-state index in [1.54, 1.807) is 7.11 Å². The summed E-state index contributed by atoms with van der Waals surface area (Å²) in [6.45, 7) is 0. The molecule has 6 nitrogen and oxygen atoms in total. The highest BCUT2D eigenvalue weighted by Gasteiger charge is 2.38. The number of nitrogens with one attached hydrogen (secondary N) is 1. The number of allylic oxidation sites excluding steroid dienone is 1. The highest BCUT2D eigenvalue weighted by Crippen LogP contribution is 2.43. The summed E-state index contributed by atoms with van der Waals surface area (Å²) in [4.78, 5) is 9.49. The molecule has 35 heavy (non-hydrogen) atoms. The summed E-state index contributed by atoms with van der Waals surface area (Å²) < 4.78 is 0. The molecule has 2 aromatic carbocycles. The van der Waals surface area contributed by atoms with E-state index in [4.69, 9.17) is 9.94 Å². The van der Waals surface area contributed by atoms with Crippen LogP contribution in [0.2, 0.25) is 0 Å². The molecule has 0 saturated heterocycles. The number of hydrogen-bond donors (Lipinski definition) is 1. The number of anilines is 2. The molecule has 0 radical (unpaired) electrons. The molecule has 0 spiro atoms. The van der Waals surface area contributed by atoms with Crippen LogP contribution in [0.1, 0.15) is 47.3 Å². The lowest BCUT2D eigenvalue weighted by molar-refractivity contribution is 0.208. The lowest BCUT2D eigenvalue weighted by Crippen LogP contribution is -2.31. The van der Waals surface area contributed by atoms with Gasteiger partial charge in [0.05, 0.1) is 0 Å². The van der Waals surface area contributed by atoms with E-state index in [0.717, 1.165) is 41.9 Å². The summed E-state index contributed by atoms with van der Waals surface area (Å²) in [6.07, 6.45) is 8.93. The van der Waals surface area contributed by atoms with Crippen molar-refractivity contribution in [3.8, 4) is 0 Å². The Kier molecular flexibility index (Phi) is 6.13. The molecular formula is C29H35N5O. The first-order valence-electron chi connectivity index (χ1n) is 12.4. The Hall–Kier alpha value is -3.54. The van der Waals surface area contributed by atoms with Crippen LogP contribution >= 0.6 is 0 Å². The van der Waals surface area contributed by atoms with Crippen LogP contribution < -0.4 is 9.80 Å². The fourth-order valence-corrected chi connectivity index (χ4v) is 5.23. The molecule has 1 heterocycles. The second-order valence-electron chi connectivity index (χ2n) is 10.1. The van der Waals surface area contributed by atoms with Crippen LogP contribution in [0.4, 0.5) is 11.4 Å². The van der Waals surface area contributed by atoms with Crippen molar-refractivity contribution in [3.05, 3.63) is 82.7 Å². The Labute approximate surface area is 208 Å². The average molecular weight is 470 g/mol. The van der Waals surface area contributed by atoms with Crippen LogP contribution in [0.5, 0.6) is 0 Å². The predicted octanol–water partition coefficient (Wildman–Crippen LogP) is 5.25. The molecule has 2 aliphatic rings. The van der Waals surface area contributed by atoms with Crippen molar-refractivity contribution >= 4 is 23.2 Å². The van der Waals surface area contributed by atoms with Gasteiger partial charge in [0.25, 0.3) is 0 Å². The van der Waals surface area contributed by atoms with Gasteiger partial charge in [-0.25, -0.2) is 0 Å². The molecule has 0 atom stereocenters. The summed E-state index contributed by atoms with van der Waals surface area (Å²) in [7, 11) is 9.92. The lowest BCUT2D eigenvalue weighted by atomic mass is 9.68. The zero-order valence-corrected chi connectivity index (χ0v) is 21.4. The van der Waals surface area contributed by atoms with Gasteiger partial charge in [-0.15, -0.1) is 0 Å². The van der Waals surface area contributed by atoms with Crippen molar-refractivity contribution in [2.75, 3.05) is 45.1 Å². The van der Waals surface area contributed by atoms with Crippen LogP contribution in [0.15, 0.2) is 59.8 Å². The lowest BCUT2D eigenvalue weighted by Gasteiger charge is -2.35. The van der Waals surface area contributed by atoms with Crippen LogP contribution in [0.3, 0.4) is 0 Å². The standard InChI is InChI=1S/C29H35N5O/c1-33(2)23-13-9-21(10-14-23)29(22-11-15-24(16-12-22)34(3)4)18-17-25-26(19-29)30-31-28(25)27(32-35-5)20-7-6-8-20/h9-18,20H,6-8,19H2,1-5H3,(H,30,31). The van der Waals surface area contributed by atoms with E-state index in [1.807, 2.05) is 0 Å². The maximum absolute atomic E-state index is 5.22. The molecule has 0 amide bonds. The van der Waals surface area contributed by atoms with Gasteiger partial charge in [-0.3, -0.25) is 5.10 Å². The quantitative estimate of drug-likeness (QED) is 0.379. The Balaban J connectivity index is 1.59. The smallest absolute Gasteiger partial charge is 0.117 e. The Morgan fingerprint density at radius 1 is 0.943 bits per heavy atom. The molecule has 0 aliphatic heterocycles. The monoisotopic (exact) mass is 469 g/mol. The van der Waals surface area contributed by atoms with Gasteiger partial charge < -0.3 is 14.6 Å². The maximum atomic E-state index is 5.22. The zero-order valence-electron chi connectivity index (χ0n) is 21.4. The maximum Gasteiger partial charge on any atom is 0.117 e. The predicted molar refractivity (Wildman–Crippen MR) is 145 cm³/mol. The van der Waals surface area contributed by atoms with Crippen molar-refractivity contribution in [3.63, 3.8) is 0 Å². The fraction of sp³-hybridized carbons (Fsp3) is 0.379. The molecule has 3 aromatic rings. The van der Waals surface area contributed by atoms with Gasteiger partial charge in [-0.1, -0.05) is 48.0 Å². The van der Waals surface area contributed by atoms with Crippen molar-refractivity contribution in [1.82, 2.24) is 10.2 Å². The van der Waals surface area contributed by atoms with Gasteiger partial charge in [0, 0.05) is 68.6 Å². The number of aromatic nitrogens is 2. The third-order valence-corrected chi connectivity index (χ3v) is 7.59. The second kappa shape index (κ2) is 9.25. The molecule has 1 aromatic heterocycles. The summed E-state index contributed by atoms with van der Waals surface area (Å²) in [5.41, 5.74) is 8.81. The number of rotatable bonds is 7. The van der Waals surface area contributed by atoms with E-state index in [-0.39, 0.29) is 5.41 Å². The SMILES string of the molecule is CON=C(c1n[nH]c2c1C=CC(c1ccc(N(C)C)cc1)(c1ccc(N(C)C)cc1)C2)C1CCC1. The van der Waals surface area contributed by atoms with Crippen LogP contribution in [-0.2, 0) is 16.7 Å². The molecule has 1 fully saturated rings. The van der Waals surface area contributed by atoms with Gasteiger partial charge in [0.1, 0.15) is 18.5 Å². The number of hydrogen-bond acceptors (Lipinski definition) is 5. The number of nitrogens with zero attached hydrogens (tertiary/aromatic N) is 4. The highest BCUT2D eigenvalue weighted by molar-refractivity contribution is 6.04. The summed E-state index contributed by atoms with van der Waals surface area (Å²) in [6, 6.07) is 17.8. The Bertz CT molecular complexity index is 1180. The minimum Gasteiger partial charge on any atom is -0.399 e. The zero-order chi connectivity index (χ0) is 24.6. The molecule has 6 heteroatoms. The molecule has 1 saturated carbocycles. The Morgan fingerprint density at radius 2 is 1.51 bits per heavy atom. The highest BCUT2D eigenvalue weighted by atomic mass is 16.6. The first-order chi connectivity index (χ1) is 16.9. The molecule has 0 unspecified atom stereocenters. The molecule has 1 N–H and O–H groups in total. The third kappa shape index (κ3) is 4.11. The summed E-state index contributed by atoms with van der Waals surface area (Å²) in [5, 5.41) is 12.5. The van der Waals surface area contributed by atoms with Gasteiger partial charge in [-0.2, -0.15) is 5.10 Å². The van der Waals surface area contributed by atoms with Crippen LogP contribution in [0, 0.1) is 5.92 Å². The van der Waals surface area contributed by atoms with Gasteiger partial charge in [-0.05, 0) is 48.2 Å². The minimum absolute atomic E-state index is 0.290. The molecule has 2 aliphatic carbocycles. The fourth-order valence-electron chi connectivity index (χ4n) is 5.23. The van der Waals surface area contributed by atoms with Crippen molar-refractivity contribution in [2.24, 2.45) is 11.1 Å². The largest absolute Gasteiger partial charge is 0.399 e. The van der Waals surface area contributed by atoms with Gasteiger partial charge >= 0.3 is 0 Å². The average Bonchev–Trinajstić information content (AvgIpc) is 3.25. The van der Waals surface area contributed by atoms with Crippen molar-refractivity contribution in [2.45, 2.75) is 31.1 Å². The third-order valence-electron chi connectivity index (χ3n) is 7.59. The van der Waals surface area contributed by atoms with E-state index < -0.39 is 0 Å². The number of benzene rings is 2. The summed E-state index contributed by atoms with van der Waals surface area (Å²) >= 11 is 0. The Morgan fingerprint density at radius 3 is 1.97 bits per heavy atom. The van der Waals surface area contributed by atoms with Crippen molar-refractivity contribution < 1.29 is 4.84 Å². The number of fused-ring (bicyclic) bond motifs is 1. The number of H-pyrrole nitrogens is 1. The first kappa shape index (κ1) is 23.2. The normalized spacial score (nSPS) is 17.0. The topological polar surface area (TPSA) is 56.8 Å². The summed E-state index contributed by atoms with van der Waals surface area (Å²) in [5.74, 6) is 0.430. The van der Waals surface area contributed by atoms with E-state index in [9.17, 15) is 0 Å². The minimum atomic E-state index is -0.290. The first-order valence-corrected chi connectivity index (χ1v) is 12.4. The number of aromatic amines is 1.